The first-order valence-electron chi connectivity index (χ1n) is 11.0. The predicted molar refractivity (Wildman–Crippen MR) is 129 cm³/mol. The van der Waals surface area contributed by atoms with Gasteiger partial charge in [-0.25, -0.2) is 0 Å². The van der Waals surface area contributed by atoms with Gasteiger partial charge in [0.2, 0.25) is 0 Å². The number of phenolic OH excluding ortho intramolecular Hbond substituents is 1. The topological polar surface area (TPSA) is 107 Å². The Morgan fingerprint density at radius 1 is 0.971 bits per heavy atom. The zero-order valence-corrected chi connectivity index (χ0v) is 19.5. The van der Waals surface area contributed by atoms with E-state index in [2.05, 4.69) is 10.4 Å². The normalized spacial score (nSPS) is 16.8. The molecule has 1 N–H and O–H groups in total. The lowest BCUT2D eigenvalue weighted by molar-refractivity contribution is 0.246. The number of phenols is 1. The Kier molecular flexibility index (Phi) is 6.49. The molecule has 0 aromatic heterocycles. The summed E-state index contributed by atoms with van der Waals surface area (Å²) in [6.07, 6.45) is 0.642. The molecule has 8 heteroatoms. The Hall–Kier alpha value is -3.94. The Balaban J connectivity index is 1.97. The molecule has 2 unspecified atom stereocenters. The smallest absolute Gasteiger partial charge is 0.191 e. The van der Waals surface area contributed by atoms with Crippen LogP contribution in [0, 0.1) is 16.7 Å². The van der Waals surface area contributed by atoms with Crippen molar-refractivity contribution >= 4 is 11.4 Å². The van der Waals surface area contributed by atoms with E-state index >= 15 is 0 Å². The van der Waals surface area contributed by atoms with Crippen LogP contribution in [0.3, 0.4) is 0 Å². The number of methoxy groups -OCH3 is 2. The molecule has 0 spiro atoms. The molecule has 0 radical (unpaired) electrons. The fraction of sp³-hybridized carbons (Fsp3) is 0.308. The summed E-state index contributed by atoms with van der Waals surface area (Å²) in [5.74, 6) is 1.09. The van der Waals surface area contributed by atoms with E-state index in [0.29, 0.717) is 41.5 Å². The zero-order valence-electron chi connectivity index (χ0n) is 19.5. The van der Waals surface area contributed by atoms with E-state index in [-0.39, 0.29) is 23.3 Å². The molecule has 34 heavy (non-hydrogen) atoms. The third-order valence-corrected chi connectivity index (χ3v) is 6.48. The highest BCUT2D eigenvalue weighted by molar-refractivity contribution is 5.67. The van der Waals surface area contributed by atoms with Gasteiger partial charge < -0.3 is 19.3 Å². The molecule has 1 aliphatic heterocycles. The van der Waals surface area contributed by atoms with Crippen molar-refractivity contribution < 1.29 is 19.3 Å². The van der Waals surface area contributed by atoms with E-state index in [1.54, 1.807) is 24.3 Å². The minimum atomic E-state index is -0.181. The number of hydrogen-bond acceptors (Lipinski definition) is 8. The van der Waals surface area contributed by atoms with Crippen LogP contribution in [0.15, 0.2) is 52.8 Å². The molecule has 0 aliphatic carbocycles. The average Bonchev–Trinajstić information content (AvgIpc) is 2.87. The van der Waals surface area contributed by atoms with Crippen LogP contribution in [0.1, 0.15) is 46.6 Å². The van der Waals surface area contributed by atoms with E-state index in [0.717, 1.165) is 22.3 Å². The lowest BCUT2D eigenvalue weighted by atomic mass is 9.74. The molecular formula is C26H26N2O6. The summed E-state index contributed by atoms with van der Waals surface area (Å²) < 4.78 is 17.1. The summed E-state index contributed by atoms with van der Waals surface area (Å²) in [4.78, 5) is 23.0. The fourth-order valence-electron chi connectivity index (χ4n) is 4.79. The molecule has 0 amide bonds. The number of aryl methyl sites for hydroxylation is 1. The molecule has 3 aromatic carbocycles. The number of rotatable bonds is 7. The standard InChI is InChI=1S/C26H26N2O6/c1-5-15-10-19-23(16-6-8-18(29)9-7-16)20(13-34-26(19)14(2)24(15)27-30)17-11-21(32-3)25(28-31)22(12-17)33-4/h6-12,20,23,29H,5,13H2,1-4H3. The van der Waals surface area contributed by atoms with Gasteiger partial charge in [0.05, 0.1) is 20.8 Å². The third-order valence-electron chi connectivity index (χ3n) is 6.48. The maximum Gasteiger partial charge on any atom is 0.191 e. The Bertz CT molecular complexity index is 1210. The number of hydrogen-bond donors (Lipinski definition) is 1. The maximum absolute atomic E-state index is 11.6. The van der Waals surface area contributed by atoms with Gasteiger partial charge in [-0.3, -0.25) is 0 Å². The van der Waals surface area contributed by atoms with Gasteiger partial charge in [0.25, 0.3) is 0 Å². The minimum absolute atomic E-state index is 0.0953. The van der Waals surface area contributed by atoms with Crippen molar-refractivity contribution in [1.82, 2.24) is 0 Å². The molecule has 3 aromatic rings. The highest BCUT2D eigenvalue weighted by Crippen LogP contribution is 2.52. The Morgan fingerprint density at radius 2 is 1.59 bits per heavy atom. The zero-order chi connectivity index (χ0) is 24.4. The van der Waals surface area contributed by atoms with Crippen molar-refractivity contribution in [1.29, 1.82) is 0 Å². The van der Waals surface area contributed by atoms with Gasteiger partial charge in [-0.2, -0.15) is 0 Å². The van der Waals surface area contributed by atoms with Crippen molar-refractivity contribution in [2.24, 2.45) is 10.4 Å². The molecule has 2 atom stereocenters. The van der Waals surface area contributed by atoms with Gasteiger partial charge in [-0.1, -0.05) is 19.1 Å². The van der Waals surface area contributed by atoms with Crippen LogP contribution in [-0.2, 0) is 6.42 Å². The highest BCUT2D eigenvalue weighted by atomic mass is 16.5. The van der Waals surface area contributed by atoms with Crippen molar-refractivity contribution in [3.05, 3.63) is 80.1 Å². The van der Waals surface area contributed by atoms with Crippen LogP contribution in [0.5, 0.6) is 23.0 Å². The number of ether oxygens (including phenoxy) is 3. The van der Waals surface area contributed by atoms with Gasteiger partial charge >= 0.3 is 0 Å². The van der Waals surface area contributed by atoms with Crippen molar-refractivity contribution in [3.63, 3.8) is 0 Å². The summed E-state index contributed by atoms with van der Waals surface area (Å²) in [6, 6.07) is 12.6. The first-order valence-corrected chi connectivity index (χ1v) is 11.0. The Morgan fingerprint density at radius 3 is 2.12 bits per heavy atom. The molecule has 176 valence electrons. The molecule has 0 saturated carbocycles. The fourth-order valence-corrected chi connectivity index (χ4v) is 4.79. The van der Waals surface area contributed by atoms with E-state index in [4.69, 9.17) is 14.2 Å². The number of nitrogens with zero attached hydrogens (tertiary/aromatic N) is 2. The van der Waals surface area contributed by atoms with E-state index in [1.807, 2.05) is 32.0 Å². The lowest BCUT2D eigenvalue weighted by Crippen LogP contribution is -2.26. The van der Waals surface area contributed by atoms with Crippen molar-refractivity contribution in [2.75, 3.05) is 20.8 Å². The van der Waals surface area contributed by atoms with Crippen molar-refractivity contribution in [2.45, 2.75) is 32.1 Å². The molecule has 0 fully saturated rings. The largest absolute Gasteiger partial charge is 0.508 e. The number of fused-ring (bicyclic) bond motifs is 1. The van der Waals surface area contributed by atoms with E-state index in [9.17, 15) is 14.9 Å². The second-order valence-electron chi connectivity index (χ2n) is 8.22. The summed E-state index contributed by atoms with van der Waals surface area (Å²) >= 11 is 0. The number of benzene rings is 3. The second-order valence-corrected chi connectivity index (χ2v) is 8.22. The molecular weight excluding hydrogens is 436 g/mol. The van der Waals surface area contributed by atoms with E-state index in [1.165, 1.54) is 14.2 Å². The maximum atomic E-state index is 11.6. The van der Waals surface area contributed by atoms with Gasteiger partial charge in [0, 0.05) is 23.0 Å². The summed E-state index contributed by atoms with van der Waals surface area (Å²) in [7, 11) is 2.95. The minimum Gasteiger partial charge on any atom is -0.508 e. The summed E-state index contributed by atoms with van der Waals surface area (Å²) in [5, 5.41) is 16.2. The van der Waals surface area contributed by atoms with E-state index < -0.39 is 0 Å². The van der Waals surface area contributed by atoms with Crippen LogP contribution in [0.25, 0.3) is 0 Å². The molecule has 1 aliphatic rings. The monoisotopic (exact) mass is 462 g/mol. The van der Waals surface area contributed by atoms with Crippen LogP contribution >= 0.6 is 0 Å². The van der Waals surface area contributed by atoms with Gasteiger partial charge in [-0.15, -0.1) is 9.81 Å². The SMILES string of the molecule is CCc1cc2c(c(C)c1N=O)OCC(c1cc(OC)c(N=O)c(OC)c1)C2c1ccc(O)cc1. The predicted octanol–water partition coefficient (Wildman–Crippen LogP) is 6.38. The molecule has 4 rings (SSSR count). The molecule has 1 heterocycles. The van der Waals surface area contributed by atoms with Crippen LogP contribution < -0.4 is 14.2 Å². The average molecular weight is 463 g/mol. The quantitative estimate of drug-likeness (QED) is 0.408. The summed E-state index contributed by atoms with van der Waals surface area (Å²) in [6.45, 7) is 4.14. The Labute approximate surface area is 197 Å². The van der Waals surface area contributed by atoms with Crippen LogP contribution in [0.4, 0.5) is 11.4 Å². The summed E-state index contributed by atoms with van der Waals surface area (Å²) in [5.41, 5.74) is 4.80. The molecule has 8 nitrogen and oxygen atoms in total. The lowest BCUT2D eigenvalue weighted by Gasteiger charge is -2.36. The highest BCUT2D eigenvalue weighted by Gasteiger charge is 2.36. The van der Waals surface area contributed by atoms with Gasteiger partial charge in [0.15, 0.2) is 17.2 Å². The third kappa shape index (κ3) is 3.85. The van der Waals surface area contributed by atoms with Crippen LogP contribution in [-0.4, -0.2) is 25.9 Å². The molecule has 0 saturated heterocycles. The second kappa shape index (κ2) is 9.51. The molecule has 0 bridgehead atoms. The number of nitroso groups, excluding NO2 is 2. The van der Waals surface area contributed by atoms with Crippen LogP contribution in [0.2, 0.25) is 0 Å². The first kappa shape index (κ1) is 23.2. The van der Waals surface area contributed by atoms with Crippen molar-refractivity contribution in [3.8, 4) is 23.0 Å². The van der Waals surface area contributed by atoms with Gasteiger partial charge in [0.1, 0.15) is 17.2 Å². The van der Waals surface area contributed by atoms with Gasteiger partial charge in [-0.05, 0) is 70.7 Å². The first-order chi connectivity index (χ1) is 16.5. The number of aromatic hydroxyl groups is 1.